The van der Waals surface area contributed by atoms with E-state index in [-0.39, 0.29) is 16.8 Å². The third kappa shape index (κ3) is 4.64. The zero-order valence-corrected chi connectivity index (χ0v) is 15.2. The van der Waals surface area contributed by atoms with E-state index in [0.29, 0.717) is 17.4 Å². The fourth-order valence-electron chi connectivity index (χ4n) is 2.60. The Hall–Kier alpha value is -4.01. The number of hydrogen-bond acceptors (Lipinski definition) is 3. The molecule has 0 saturated heterocycles. The van der Waals surface area contributed by atoms with E-state index in [0.717, 1.165) is 12.1 Å². The Morgan fingerprint density at radius 3 is 1.90 bits per heavy atom. The van der Waals surface area contributed by atoms with Crippen molar-refractivity contribution < 1.29 is 23.2 Å². The summed E-state index contributed by atoms with van der Waals surface area (Å²) in [6.45, 7) is 0. The van der Waals surface area contributed by atoms with Crippen LogP contribution in [0.2, 0.25) is 0 Å². The molecule has 2 aromatic carbocycles. The van der Waals surface area contributed by atoms with Crippen LogP contribution in [0.4, 0.5) is 20.2 Å². The van der Waals surface area contributed by atoms with Gasteiger partial charge in [0.25, 0.3) is 17.7 Å². The molecule has 0 aliphatic carbocycles. The predicted molar refractivity (Wildman–Crippen MR) is 103 cm³/mol. The molecule has 148 valence electrons. The number of H-pyrrole nitrogens is 1. The summed E-state index contributed by atoms with van der Waals surface area (Å²) >= 11 is 0. The zero-order chi connectivity index (χ0) is 21.0. The number of carbonyl (C=O) groups is 3. The van der Waals surface area contributed by atoms with Crippen molar-refractivity contribution in [2.24, 2.45) is 0 Å². The molecule has 29 heavy (non-hydrogen) atoms. The van der Waals surface area contributed by atoms with Crippen LogP contribution in [0.15, 0.2) is 54.7 Å². The molecule has 0 bridgehead atoms. The van der Waals surface area contributed by atoms with Gasteiger partial charge in [0.05, 0.1) is 5.56 Å². The summed E-state index contributed by atoms with van der Waals surface area (Å²) in [6, 6.07) is 10.1. The largest absolute Gasteiger partial charge is 0.357 e. The van der Waals surface area contributed by atoms with Gasteiger partial charge >= 0.3 is 0 Å². The Labute approximate surface area is 164 Å². The van der Waals surface area contributed by atoms with E-state index >= 15 is 0 Å². The van der Waals surface area contributed by atoms with Crippen molar-refractivity contribution in [2.75, 3.05) is 17.7 Å². The van der Waals surface area contributed by atoms with E-state index in [1.807, 2.05) is 0 Å². The van der Waals surface area contributed by atoms with Gasteiger partial charge < -0.3 is 20.9 Å². The van der Waals surface area contributed by atoms with Gasteiger partial charge in [-0.05, 0) is 42.5 Å². The average molecular weight is 398 g/mol. The van der Waals surface area contributed by atoms with Crippen molar-refractivity contribution in [1.29, 1.82) is 0 Å². The van der Waals surface area contributed by atoms with Crippen LogP contribution in [0.1, 0.15) is 31.2 Å². The van der Waals surface area contributed by atoms with Crippen LogP contribution < -0.4 is 16.0 Å². The fourth-order valence-corrected chi connectivity index (χ4v) is 2.60. The highest BCUT2D eigenvalue weighted by Crippen LogP contribution is 2.17. The molecule has 1 heterocycles. The molecule has 7 nitrogen and oxygen atoms in total. The standard InChI is InChI=1S/C20H16F2N4O3/c1-23-19(28)16-6-7-24-17(16)20(29)26-15-4-2-14(3-5-15)25-18(27)11-8-12(21)10-13(22)9-11/h2-10,24H,1H3,(H,23,28)(H,25,27)(H,26,29). The number of benzene rings is 2. The van der Waals surface area contributed by atoms with Crippen molar-refractivity contribution in [1.82, 2.24) is 10.3 Å². The Morgan fingerprint density at radius 1 is 0.793 bits per heavy atom. The van der Waals surface area contributed by atoms with Gasteiger partial charge in [0, 0.05) is 36.2 Å². The lowest BCUT2D eigenvalue weighted by molar-refractivity contribution is 0.0947. The van der Waals surface area contributed by atoms with Crippen LogP contribution in [0.5, 0.6) is 0 Å². The van der Waals surface area contributed by atoms with Gasteiger partial charge in [-0.15, -0.1) is 0 Å². The van der Waals surface area contributed by atoms with E-state index in [1.54, 1.807) is 0 Å². The average Bonchev–Trinajstić information content (AvgIpc) is 3.18. The number of nitrogens with one attached hydrogen (secondary N) is 4. The lowest BCUT2D eigenvalue weighted by atomic mass is 10.2. The van der Waals surface area contributed by atoms with Crippen LogP contribution in [-0.2, 0) is 0 Å². The first-order chi connectivity index (χ1) is 13.9. The van der Waals surface area contributed by atoms with E-state index in [4.69, 9.17) is 0 Å². The molecule has 9 heteroatoms. The molecular formula is C20H16F2N4O3. The number of carbonyl (C=O) groups excluding carboxylic acids is 3. The molecule has 0 spiro atoms. The molecule has 4 N–H and O–H groups in total. The molecule has 0 fully saturated rings. The minimum atomic E-state index is -0.853. The summed E-state index contributed by atoms with van der Waals surface area (Å²) in [4.78, 5) is 39.0. The summed E-state index contributed by atoms with van der Waals surface area (Å²) < 4.78 is 26.5. The normalized spacial score (nSPS) is 10.3. The van der Waals surface area contributed by atoms with E-state index in [9.17, 15) is 23.2 Å². The maximum Gasteiger partial charge on any atom is 0.272 e. The second-order valence-electron chi connectivity index (χ2n) is 5.99. The maximum absolute atomic E-state index is 13.2. The Bertz CT molecular complexity index is 1060. The summed E-state index contributed by atoms with van der Waals surface area (Å²) in [5.41, 5.74) is 0.935. The zero-order valence-electron chi connectivity index (χ0n) is 15.2. The molecular weight excluding hydrogens is 382 g/mol. The number of aromatic nitrogens is 1. The van der Waals surface area contributed by atoms with Crippen LogP contribution in [0.25, 0.3) is 0 Å². The molecule has 0 aliphatic rings. The van der Waals surface area contributed by atoms with Gasteiger partial charge in [0.2, 0.25) is 0 Å². The first kappa shape index (κ1) is 19.7. The van der Waals surface area contributed by atoms with Crippen molar-refractivity contribution in [2.45, 2.75) is 0 Å². The smallest absolute Gasteiger partial charge is 0.272 e. The molecule has 0 radical (unpaired) electrons. The number of halogens is 2. The third-order valence-corrected chi connectivity index (χ3v) is 3.97. The third-order valence-electron chi connectivity index (χ3n) is 3.97. The Morgan fingerprint density at radius 2 is 1.34 bits per heavy atom. The maximum atomic E-state index is 13.2. The summed E-state index contributed by atoms with van der Waals surface area (Å²) in [6.07, 6.45) is 1.48. The predicted octanol–water partition coefficient (Wildman–Crippen LogP) is 3.16. The molecule has 0 unspecified atom stereocenters. The van der Waals surface area contributed by atoms with Crippen LogP contribution >= 0.6 is 0 Å². The molecule has 3 amide bonds. The summed E-state index contributed by atoms with van der Waals surface area (Å²) in [7, 11) is 1.46. The molecule has 3 aromatic rings. The minimum absolute atomic E-state index is 0.106. The van der Waals surface area contributed by atoms with Crippen LogP contribution in [0.3, 0.4) is 0 Å². The van der Waals surface area contributed by atoms with Crippen molar-refractivity contribution in [3.63, 3.8) is 0 Å². The van der Waals surface area contributed by atoms with Crippen molar-refractivity contribution >= 4 is 29.1 Å². The van der Waals surface area contributed by atoms with E-state index in [1.165, 1.54) is 43.6 Å². The Kier molecular flexibility index (Phi) is 5.68. The minimum Gasteiger partial charge on any atom is -0.357 e. The highest BCUT2D eigenvalue weighted by Gasteiger charge is 2.17. The van der Waals surface area contributed by atoms with Gasteiger partial charge in [-0.1, -0.05) is 0 Å². The highest BCUT2D eigenvalue weighted by molar-refractivity contribution is 6.11. The van der Waals surface area contributed by atoms with Crippen molar-refractivity contribution in [3.8, 4) is 0 Å². The first-order valence-corrected chi connectivity index (χ1v) is 8.45. The van der Waals surface area contributed by atoms with Gasteiger partial charge in [-0.25, -0.2) is 8.78 Å². The lowest BCUT2D eigenvalue weighted by Crippen LogP contribution is -2.22. The van der Waals surface area contributed by atoms with E-state index < -0.39 is 29.4 Å². The number of amides is 3. The van der Waals surface area contributed by atoms with Gasteiger partial charge in [-0.3, -0.25) is 14.4 Å². The molecule has 0 atom stereocenters. The highest BCUT2D eigenvalue weighted by atomic mass is 19.1. The fraction of sp³-hybridized carbons (Fsp3) is 0.0500. The SMILES string of the molecule is CNC(=O)c1cc[nH]c1C(=O)Nc1ccc(NC(=O)c2cc(F)cc(F)c2)cc1. The second-order valence-corrected chi connectivity index (χ2v) is 5.99. The van der Waals surface area contributed by atoms with Crippen LogP contribution in [-0.4, -0.2) is 29.8 Å². The number of rotatable bonds is 5. The summed E-state index contributed by atoms with van der Waals surface area (Å²) in [5.74, 6) is -3.30. The number of aromatic amines is 1. The van der Waals surface area contributed by atoms with Crippen molar-refractivity contribution in [3.05, 3.63) is 83.2 Å². The first-order valence-electron chi connectivity index (χ1n) is 8.45. The quantitative estimate of drug-likeness (QED) is 0.531. The molecule has 1 aromatic heterocycles. The number of hydrogen-bond donors (Lipinski definition) is 4. The molecule has 0 saturated carbocycles. The topological polar surface area (TPSA) is 103 Å². The molecule has 0 aliphatic heterocycles. The monoisotopic (exact) mass is 398 g/mol. The van der Waals surface area contributed by atoms with Gasteiger partial charge in [0.15, 0.2) is 0 Å². The Balaban J connectivity index is 1.67. The van der Waals surface area contributed by atoms with E-state index in [2.05, 4.69) is 20.9 Å². The second kappa shape index (κ2) is 8.34. The van der Waals surface area contributed by atoms with Crippen LogP contribution in [0, 0.1) is 11.6 Å². The lowest BCUT2D eigenvalue weighted by Gasteiger charge is -2.09. The molecule has 3 rings (SSSR count). The van der Waals surface area contributed by atoms with Gasteiger partial charge in [0.1, 0.15) is 17.3 Å². The summed E-state index contributed by atoms with van der Waals surface area (Å²) in [5, 5.41) is 7.58. The van der Waals surface area contributed by atoms with Gasteiger partial charge in [-0.2, -0.15) is 0 Å². The number of anilines is 2.